The Hall–Kier alpha value is -2.66. The molecule has 0 saturated carbocycles. The number of ether oxygens (including phenoxy) is 2. The minimum absolute atomic E-state index is 0.0464. The highest BCUT2D eigenvalue weighted by molar-refractivity contribution is 7.88. The Balaban J connectivity index is 2.92. The number of benzene rings is 2. The third-order valence-corrected chi connectivity index (χ3v) is 5.16. The molecule has 2 aromatic rings. The summed E-state index contributed by atoms with van der Waals surface area (Å²) in [4.78, 5) is 23.8. The second-order valence-corrected chi connectivity index (χ2v) is 9.42. The first kappa shape index (κ1) is 25.6. The van der Waals surface area contributed by atoms with E-state index in [2.05, 4.69) is 4.18 Å². The number of aryl methyl sites for hydroxylation is 1. The minimum Gasteiger partial charge on any atom is -0.464 e. The fraction of sp³-hybridized carbons (Fsp3) is 0.429. The molecule has 0 bridgehead atoms. The van der Waals surface area contributed by atoms with Crippen LogP contribution in [0.15, 0.2) is 24.3 Å². The largest absolute Gasteiger partial charge is 0.534 e. The first-order chi connectivity index (χ1) is 14.6. The van der Waals surface area contributed by atoms with Gasteiger partial charge >= 0.3 is 21.6 Å². The van der Waals surface area contributed by atoms with E-state index < -0.39 is 39.1 Å². The van der Waals surface area contributed by atoms with Crippen molar-refractivity contribution >= 4 is 33.1 Å². The smallest absolute Gasteiger partial charge is 0.464 e. The van der Waals surface area contributed by atoms with Crippen LogP contribution in [0.5, 0.6) is 5.75 Å². The Labute approximate surface area is 183 Å². The number of alkyl halides is 3. The lowest BCUT2D eigenvalue weighted by Crippen LogP contribution is -2.31. The molecule has 0 fully saturated rings. The van der Waals surface area contributed by atoms with Gasteiger partial charge in [-0.1, -0.05) is 12.1 Å². The lowest BCUT2D eigenvalue weighted by atomic mass is 9.95. The van der Waals surface area contributed by atoms with E-state index in [9.17, 15) is 31.2 Å². The Bertz CT molecular complexity index is 1130. The van der Waals surface area contributed by atoms with Gasteiger partial charge in [0.05, 0.1) is 12.2 Å². The van der Waals surface area contributed by atoms with Gasteiger partial charge in [-0.25, -0.2) is 4.79 Å². The number of hydrogen-bond donors (Lipinski definition) is 0. The van der Waals surface area contributed by atoms with Gasteiger partial charge in [-0.2, -0.15) is 21.6 Å². The Kier molecular flexibility index (Phi) is 7.25. The highest BCUT2D eigenvalue weighted by Gasteiger charge is 2.49. The molecule has 0 heterocycles. The highest BCUT2D eigenvalue weighted by Crippen LogP contribution is 2.42. The zero-order chi connectivity index (χ0) is 24.5. The van der Waals surface area contributed by atoms with Crippen LogP contribution in [0.4, 0.5) is 13.2 Å². The maximum Gasteiger partial charge on any atom is 0.534 e. The molecule has 0 aliphatic rings. The molecule has 0 radical (unpaired) electrons. The first-order valence-corrected chi connectivity index (χ1v) is 10.9. The van der Waals surface area contributed by atoms with Crippen molar-refractivity contribution in [1.82, 2.24) is 0 Å². The Morgan fingerprint density at radius 2 is 1.78 bits per heavy atom. The second kappa shape index (κ2) is 9.07. The van der Waals surface area contributed by atoms with Crippen molar-refractivity contribution in [1.29, 1.82) is 0 Å². The number of halogens is 3. The molecule has 2 aromatic carbocycles. The van der Waals surface area contributed by atoms with Crippen LogP contribution in [0.2, 0.25) is 0 Å². The zero-order valence-corrected chi connectivity index (χ0v) is 18.9. The van der Waals surface area contributed by atoms with E-state index in [-0.39, 0.29) is 34.1 Å². The predicted molar refractivity (Wildman–Crippen MR) is 110 cm³/mol. The van der Waals surface area contributed by atoms with E-state index in [1.807, 2.05) is 0 Å². The van der Waals surface area contributed by atoms with E-state index in [0.29, 0.717) is 6.29 Å². The minimum atomic E-state index is -6.09. The van der Waals surface area contributed by atoms with Gasteiger partial charge in [0.25, 0.3) is 0 Å². The van der Waals surface area contributed by atoms with Gasteiger partial charge in [0, 0.05) is 16.5 Å². The topological polar surface area (TPSA) is 96.0 Å². The molecular weight excluding hydrogens is 453 g/mol. The van der Waals surface area contributed by atoms with E-state index >= 15 is 0 Å². The fourth-order valence-corrected chi connectivity index (χ4v) is 3.48. The maximum atomic E-state index is 13.1. The molecular formula is C21H23F3O7S. The number of carbonyl (C=O) groups is 2. The van der Waals surface area contributed by atoms with Crippen LogP contribution in [0.25, 0.3) is 10.8 Å². The van der Waals surface area contributed by atoms with Gasteiger partial charge in [-0.15, -0.1) is 0 Å². The summed E-state index contributed by atoms with van der Waals surface area (Å²) in [7, 11) is -6.09. The Morgan fingerprint density at radius 1 is 1.16 bits per heavy atom. The summed E-state index contributed by atoms with van der Waals surface area (Å²) >= 11 is 0. The predicted octanol–water partition coefficient (Wildman–Crippen LogP) is 4.61. The van der Waals surface area contributed by atoms with Crippen LogP contribution in [0, 0.1) is 6.92 Å². The highest BCUT2D eigenvalue weighted by atomic mass is 32.2. The summed E-state index contributed by atoms with van der Waals surface area (Å²) < 4.78 is 78.6. The van der Waals surface area contributed by atoms with Crippen molar-refractivity contribution in [2.45, 2.75) is 51.8 Å². The van der Waals surface area contributed by atoms with Gasteiger partial charge in [0.1, 0.15) is 6.29 Å². The maximum absolute atomic E-state index is 13.1. The standard InChI is InChI=1S/C21H23F3O7S/c1-6-29-19(26)18(30-20(3,4)5)16-12(2)9-14-10-13(11-25)7-8-15(14)17(16)31-32(27,28)21(22,23)24/h7-11,18H,6H2,1-5H3. The second-order valence-electron chi connectivity index (χ2n) is 7.88. The van der Waals surface area contributed by atoms with Gasteiger partial charge < -0.3 is 13.7 Å². The molecule has 32 heavy (non-hydrogen) atoms. The molecule has 0 amide bonds. The SMILES string of the molecule is CCOC(=O)C(OC(C)(C)C)c1c(C)cc2cc(C=O)ccc2c1OS(=O)(=O)C(F)(F)F. The fourth-order valence-electron chi connectivity index (χ4n) is 2.98. The summed E-state index contributed by atoms with van der Waals surface area (Å²) in [5.41, 5.74) is -6.48. The number of esters is 1. The number of hydrogen-bond acceptors (Lipinski definition) is 7. The summed E-state index contributed by atoms with van der Waals surface area (Å²) in [6, 6.07) is 5.37. The van der Waals surface area contributed by atoms with Crippen LogP contribution < -0.4 is 4.18 Å². The van der Waals surface area contributed by atoms with Crippen LogP contribution in [-0.4, -0.2) is 38.4 Å². The lowest BCUT2D eigenvalue weighted by molar-refractivity contribution is -0.167. The lowest BCUT2D eigenvalue weighted by Gasteiger charge is -2.29. The van der Waals surface area contributed by atoms with Crippen molar-refractivity contribution in [2.24, 2.45) is 0 Å². The van der Waals surface area contributed by atoms with Crippen molar-refractivity contribution in [3.63, 3.8) is 0 Å². The summed E-state index contributed by atoms with van der Waals surface area (Å²) in [5.74, 6) is -1.65. The molecule has 11 heteroatoms. The third-order valence-electron chi connectivity index (χ3n) is 4.21. The van der Waals surface area contributed by atoms with Crippen LogP contribution in [-0.2, 0) is 24.4 Å². The normalized spacial score (nSPS) is 13.6. The zero-order valence-electron chi connectivity index (χ0n) is 18.1. The molecule has 0 aliphatic carbocycles. The van der Waals surface area contributed by atoms with Crippen molar-refractivity contribution < 1.29 is 44.8 Å². The number of carbonyl (C=O) groups excluding carboxylic acids is 2. The van der Waals surface area contributed by atoms with Crippen LogP contribution in [0.1, 0.15) is 55.3 Å². The molecule has 2 rings (SSSR count). The quantitative estimate of drug-likeness (QED) is 0.249. The van der Waals surface area contributed by atoms with Crippen molar-refractivity contribution in [2.75, 3.05) is 6.61 Å². The van der Waals surface area contributed by atoms with Gasteiger partial charge in [0.2, 0.25) is 0 Å². The average Bonchev–Trinajstić information content (AvgIpc) is 2.64. The van der Waals surface area contributed by atoms with Crippen LogP contribution >= 0.6 is 0 Å². The van der Waals surface area contributed by atoms with Crippen LogP contribution in [0.3, 0.4) is 0 Å². The average molecular weight is 476 g/mol. The molecule has 0 aromatic heterocycles. The summed E-state index contributed by atoms with van der Waals surface area (Å²) in [5, 5.41) is 0.178. The van der Waals surface area contributed by atoms with E-state index in [1.54, 1.807) is 20.8 Å². The molecule has 176 valence electrons. The third kappa shape index (κ3) is 5.57. The number of fused-ring (bicyclic) bond motifs is 1. The van der Waals surface area contributed by atoms with E-state index in [1.165, 1.54) is 38.1 Å². The number of rotatable bonds is 7. The molecule has 1 unspecified atom stereocenters. The molecule has 0 aliphatic heterocycles. The summed E-state index contributed by atoms with van der Waals surface area (Å²) in [6.07, 6.45) is -1.05. The monoisotopic (exact) mass is 476 g/mol. The van der Waals surface area contributed by atoms with E-state index in [0.717, 1.165) is 0 Å². The summed E-state index contributed by atoms with van der Waals surface area (Å²) in [6.45, 7) is 7.77. The van der Waals surface area contributed by atoms with Gasteiger partial charge in [-0.05, 0) is 57.7 Å². The number of aldehydes is 1. The van der Waals surface area contributed by atoms with Gasteiger partial charge in [0.15, 0.2) is 11.9 Å². The molecule has 0 spiro atoms. The van der Waals surface area contributed by atoms with Gasteiger partial charge in [-0.3, -0.25) is 4.79 Å². The van der Waals surface area contributed by atoms with Crippen molar-refractivity contribution in [3.05, 3.63) is 41.0 Å². The first-order valence-electron chi connectivity index (χ1n) is 9.49. The van der Waals surface area contributed by atoms with Crippen molar-refractivity contribution in [3.8, 4) is 5.75 Å². The molecule has 0 N–H and O–H groups in total. The molecule has 7 nitrogen and oxygen atoms in total. The molecule has 1 atom stereocenters. The molecule has 0 saturated heterocycles. The van der Waals surface area contributed by atoms with E-state index in [4.69, 9.17) is 9.47 Å². The Morgan fingerprint density at radius 3 is 2.28 bits per heavy atom.